The molecule has 1 heterocycles. The van der Waals surface area contributed by atoms with E-state index < -0.39 is 0 Å². The summed E-state index contributed by atoms with van der Waals surface area (Å²) in [5.74, 6) is -0.270. The first-order valence-electron chi connectivity index (χ1n) is 6.87. The summed E-state index contributed by atoms with van der Waals surface area (Å²) in [6.45, 7) is 5.47. The lowest BCUT2D eigenvalue weighted by Crippen LogP contribution is -2.42. The van der Waals surface area contributed by atoms with Crippen molar-refractivity contribution in [3.05, 3.63) is 24.3 Å². The zero-order valence-electron chi connectivity index (χ0n) is 10.5. The first-order valence-corrected chi connectivity index (χ1v) is 6.87. The SMILES string of the molecule is C=CCC12CCCC=C1CC1(CC2)OCCO1. The van der Waals surface area contributed by atoms with E-state index in [-0.39, 0.29) is 5.79 Å². The summed E-state index contributed by atoms with van der Waals surface area (Å²) in [6, 6.07) is 0. The van der Waals surface area contributed by atoms with E-state index in [2.05, 4.69) is 18.7 Å². The summed E-state index contributed by atoms with van der Waals surface area (Å²) < 4.78 is 11.7. The monoisotopic (exact) mass is 234 g/mol. The molecule has 3 aliphatic rings. The molecule has 2 fully saturated rings. The molecule has 2 aliphatic carbocycles. The lowest BCUT2D eigenvalue weighted by Gasteiger charge is -2.47. The lowest BCUT2D eigenvalue weighted by molar-refractivity contribution is -0.178. The van der Waals surface area contributed by atoms with Crippen molar-refractivity contribution in [2.24, 2.45) is 5.41 Å². The Balaban J connectivity index is 1.85. The van der Waals surface area contributed by atoms with Crippen molar-refractivity contribution in [3.63, 3.8) is 0 Å². The highest BCUT2D eigenvalue weighted by Crippen LogP contribution is 2.54. The molecule has 0 amide bonds. The zero-order chi connectivity index (χ0) is 11.8. The van der Waals surface area contributed by atoms with E-state index in [4.69, 9.17) is 9.47 Å². The average molecular weight is 234 g/mol. The van der Waals surface area contributed by atoms with Gasteiger partial charge in [0, 0.05) is 12.8 Å². The van der Waals surface area contributed by atoms with Crippen LogP contribution in [0.25, 0.3) is 0 Å². The van der Waals surface area contributed by atoms with Crippen LogP contribution in [0.15, 0.2) is 24.3 Å². The molecule has 0 aromatic carbocycles. The third-order valence-electron chi connectivity index (χ3n) is 4.72. The lowest BCUT2D eigenvalue weighted by atomic mass is 9.62. The second kappa shape index (κ2) is 4.25. The molecule has 1 spiro atoms. The van der Waals surface area contributed by atoms with Gasteiger partial charge in [0.2, 0.25) is 0 Å². The van der Waals surface area contributed by atoms with Gasteiger partial charge >= 0.3 is 0 Å². The molecule has 1 aliphatic heterocycles. The van der Waals surface area contributed by atoms with Crippen LogP contribution in [0.3, 0.4) is 0 Å². The van der Waals surface area contributed by atoms with Gasteiger partial charge in [0.05, 0.1) is 13.2 Å². The highest BCUT2D eigenvalue weighted by molar-refractivity contribution is 5.24. The Hall–Kier alpha value is -0.600. The number of ether oxygens (including phenoxy) is 2. The van der Waals surface area contributed by atoms with Crippen LogP contribution in [0.5, 0.6) is 0 Å². The molecule has 0 aromatic heterocycles. The van der Waals surface area contributed by atoms with Gasteiger partial charge in [-0.05, 0) is 37.5 Å². The molecule has 17 heavy (non-hydrogen) atoms. The quantitative estimate of drug-likeness (QED) is 0.680. The van der Waals surface area contributed by atoms with E-state index in [1.165, 1.54) is 25.7 Å². The Morgan fingerprint density at radius 1 is 1.24 bits per heavy atom. The predicted octanol–water partition coefficient (Wildman–Crippen LogP) is 3.59. The van der Waals surface area contributed by atoms with Crippen molar-refractivity contribution < 1.29 is 9.47 Å². The van der Waals surface area contributed by atoms with Crippen molar-refractivity contribution in [1.29, 1.82) is 0 Å². The normalized spacial score (nSPS) is 35.4. The van der Waals surface area contributed by atoms with Gasteiger partial charge in [-0.2, -0.15) is 0 Å². The van der Waals surface area contributed by atoms with Gasteiger partial charge in [0.15, 0.2) is 5.79 Å². The van der Waals surface area contributed by atoms with Gasteiger partial charge in [-0.1, -0.05) is 17.7 Å². The maximum Gasteiger partial charge on any atom is 0.172 e. The van der Waals surface area contributed by atoms with E-state index in [1.807, 2.05) is 0 Å². The first kappa shape index (κ1) is 11.5. The maximum atomic E-state index is 5.86. The fraction of sp³-hybridized carbons (Fsp3) is 0.733. The van der Waals surface area contributed by atoms with Crippen LogP contribution < -0.4 is 0 Å². The predicted molar refractivity (Wildman–Crippen MR) is 67.7 cm³/mol. The minimum atomic E-state index is -0.270. The van der Waals surface area contributed by atoms with Crippen LogP contribution in [-0.4, -0.2) is 19.0 Å². The van der Waals surface area contributed by atoms with E-state index in [0.29, 0.717) is 5.41 Å². The topological polar surface area (TPSA) is 18.5 Å². The molecular weight excluding hydrogens is 212 g/mol. The van der Waals surface area contributed by atoms with Crippen LogP contribution in [-0.2, 0) is 9.47 Å². The Kier molecular flexibility index (Phi) is 2.87. The molecule has 1 saturated heterocycles. The summed E-state index contributed by atoms with van der Waals surface area (Å²) in [4.78, 5) is 0. The molecule has 0 radical (unpaired) electrons. The summed E-state index contributed by atoms with van der Waals surface area (Å²) in [6.07, 6.45) is 12.8. The molecule has 94 valence electrons. The molecule has 2 nitrogen and oxygen atoms in total. The van der Waals surface area contributed by atoms with E-state index >= 15 is 0 Å². The van der Waals surface area contributed by atoms with Crippen molar-refractivity contribution in [3.8, 4) is 0 Å². The molecule has 1 unspecified atom stereocenters. The number of hydrogen-bond acceptors (Lipinski definition) is 2. The Bertz CT molecular complexity index is 339. The van der Waals surface area contributed by atoms with E-state index in [9.17, 15) is 0 Å². The summed E-state index contributed by atoms with van der Waals surface area (Å²) in [5.41, 5.74) is 1.97. The fourth-order valence-corrected chi connectivity index (χ4v) is 3.80. The van der Waals surface area contributed by atoms with Crippen molar-refractivity contribution >= 4 is 0 Å². The second-order valence-electron chi connectivity index (χ2n) is 5.68. The second-order valence-corrected chi connectivity index (χ2v) is 5.68. The molecule has 2 heteroatoms. The van der Waals surface area contributed by atoms with E-state index in [0.717, 1.165) is 32.5 Å². The highest BCUT2D eigenvalue weighted by atomic mass is 16.7. The Labute approximate surface area is 104 Å². The maximum absolute atomic E-state index is 5.86. The van der Waals surface area contributed by atoms with Crippen LogP contribution >= 0.6 is 0 Å². The fourth-order valence-electron chi connectivity index (χ4n) is 3.80. The molecule has 3 rings (SSSR count). The minimum absolute atomic E-state index is 0.270. The molecule has 0 N–H and O–H groups in total. The van der Waals surface area contributed by atoms with Crippen LogP contribution in [0.1, 0.15) is 44.9 Å². The molecule has 1 saturated carbocycles. The first-order chi connectivity index (χ1) is 8.29. The zero-order valence-corrected chi connectivity index (χ0v) is 10.5. The minimum Gasteiger partial charge on any atom is -0.347 e. The molecule has 0 aromatic rings. The number of rotatable bonds is 2. The molecule has 0 bridgehead atoms. The van der Waals surface area contributed by atoms with Crippen LogP contribution in [0.2, 0.25) is 0 Å². The van der Waals surface area contributed by atoms with Crippen molar-refractivity contribution in [2.45, 2.75) is 50.7 Å². The standard InChI is InChI=1S/C15H22O2/c1-2-6-14-7-4-3-5-13(14)12-15(9-8-14)16-10-11-17-15/h2,5H,1,3-4,6-12H2. The largest absolute Gasteiger partial charge is 0.347 e. The van der Waals surface area contributed by atoms with Crippen LogP contribution in [0, 0.1) is 5.41 Å². The number of fused-ring (bicyclic) bond motifs is 1. The Morgan fingerprint density at radius 2 is 2.06 bits per heavy atom. The van der Waals surface area contributed by atoms with Gasteiger partial charge in [0.25, 0.3) is 0 Å². The van der Waals surface area contributed by atoms with E-state index in [1.54, 1.807) is 5.57 Å². The third-order valence-corrected chi connectivity index (χ3v) is 4.72. The summed E-state index contributed by atoms with van der Waals surface area (Å²) >= 11 is 0. The average Bonchev–Trinajstić information content (AvgIpc) is 2.79. The highest BCUT2D eigenvalue weighted by Gasteiger charge is 2.48. The molecular formula is C15H22O2. The molecule has 1 atom stereocenters. The van der Waals surface area contributed by atoms with Gasteiger partial charge in [-0.15, -0.1) is 6.58 Å². The van der Waals surface area contributed by atoms with Gasteiger partial charge < -0.3 is 9.47 Å². The smallest absolute Gasteiger partial charge is 0.172 e. The van der Waals surface area contributed by atoms with Gasteiger partial charge in [0.1, 0.15) is 0 Å². The number of allylic oxidation sites excluding steroid dienone is 2. The Morgan fingerprint density at radius 3 is 2.82 bits per heavy atom. The van der Waals surface area contributed by atoms with Gasteiger partial charge in [-0.3, -0.25) is 0 Å². The number of hydrogen-bond donors (Lipinski definition) is 0. The summed E-state index contributed by atoms with van der Waals surface area (Å²) in [7, 11) is 0. The summed E-state index contributed by atoms with van der Waals surface area (Å²) in [5, 5.41) is 0. The van der Waals surface area contributed by atoms with Crippen LogP contribution in [0.4, 0.5) is 0 Å². The van der Waals surface area contributed by atoms with Crippen molar-refractivity contribution in [1.82, 2.24) is 0 Å². The van der Waals surface area contributed by atoms with Crippen molar-refractivity contribution in [2.75, 3.05) is 13.2 Å². The van der Waals surface area contributed by atoms with Gasteiger partial charge in [-0.25, -0.2) is 0 Å². The third kappa shape index (κ3) is 1.88.